The summed E-state index contributed by atoms with van der Waals surface area (Å²) in [6.45, 7) is 8.05. The van der Waals surface area contributed by atoms with E-state index in [1.807, 2.05) is 20.8 Å². The third-order valence-corrected chi connectivity index (χ3v) is 4.61. The Hall–Kier alpha value is -1.33. The average Bonchev–Trinajstić information content (AvgIpc) is 2.77. The van der Waals surface area contributed by atoms with Crippen LogP contribution in [0.15, 0.2) is 4.42 Å². The number of nitrogens with one attached hydrogen (secondary N) is 1. The number of carbonyl (C=O) groups excluding carboxylic acids is 2. The van der Waals surface area contributed by atoms with Crippen LogP contribution >= 0.6 is 12.4 Å². The number of hydrogen-bond acceptors (Lipinski definition) is 4. The molecule has 0 aliphatic heterocycles. The van der Waals surface area contributed by atoms with Gasteiger partial charge < -0.3 is 15.5 Å². The van der Waals surface area contributed by atoms with Gasteiger partial charge in [-0.15, -0.1) is 12.4 Å². The zero-order valence-corrected chi connectivity index (χ0v) is 14.4. The molecule has 0 spiro atoms. The zero-order valence-electron chi connectivity index (χ0n) is 13.6. The number of Topliss-reactive ketones (excluding diaryl/α,β-unsaturated/α-hetero) is 1. The van der Waals surface area contributed by atoms with Crippen molar-refractivity contribution in [3.63, 3.8) is 0 Å². The SMILES string of the molecule is Cc1c(C(=O)NC(C)(CN)C(C)C)oc2c1C(=O)CCC2.Cl. The van der Waals surface area contributed by atoms with Gasteiger partial charge in [-0.25, -0.2) is 0 Å². The molecule has 0 saturated heterocycles. The van der Waals surface area contributed by atoms with Crippen molar-refractivity contribution in [2.24, 2.45) is 11.7 Å². The molecule has 1 heterocycles. The van der Waals surface area contributed by atoms with Gasteiger partial charge in [0.1, 0.15) is 5.76 Å². The molecule has 0 saturated carbocycles. The number of aryl methyl sites for hydroxylation is 1. The summed E-state index contributed by atoms with van der Waals surface area (Å²) in [5.41, 5.74) is 6.54. The van der Waals surface area contributed by atoms with Crippen LogP contribution in [0.2, 0.25) is 0 Å². The summed E-state index contributed by atoms with van der Waals surface area (Å²) in [5.74, 6) is 0.861. The number of halogens is 1. The lowest BCUT2D eigenvalue weighted by Gasteiger charge is -2.33. The molecule has 1 aliphatic rings. The van der Waals surface area contributed by atoms with Crippen LogP contribution in [0.3, 0.4) is 0 Å². The van der Waals surface area contributed by atoms with Crippen molar-refractivity contribution in [3.05, 3.63) is 22.6 Å². The number of amides is 1. The predicted octanol–water partition coefficient (Wildman–Crippen LogP) is 2.63. The minimum atomic E-state index is -0.499. The molecule has 5 nitrogen and oxygen atoms in total. The lowest BCUT2D eigenvalue weighted by Crippen LogP contribution is -2.55. The van der Waals surface area contributed by atoms with Crippen molar-refractivity contribution in [1.29, 1.82) is 0 Å². The molecule has 1 aromatic rings. The van der Waals surface area contributed by atoms with Gasteiger partial charge in [-0.2, -0.15) is 0 Å². The summed E-state index contributed by atoms with van der Waals surface area (Å²) >= 11 is 0. The lowest BCUT2D eigenvalue weighted by atomic mass is 9.88. The zero-order chi connectivity index (χ0) is 15.8. The van der Waals surface area contributed by atoms with Gasteiger partial charge in [0.15, 0.2) is 11.5 Å². The van der Waals surface area contributed by atoms with E-state index in [0.717, 1.165) is 6.42 Å². The van der Waals surface area contributed by atoms with Gasteiger partial charge in [0.2, 0.25) is 0 Å². The van der Waals surface area contributed by atoms with E-state index >= 15 is 0 Å². The van der Waals surface area contributed by atoms with E-state index in [1.54, 1.807) is 6.92 Å². The van der Waals surface area contributed by atoms with E-state index in [4.69, 9.17) is 10.2 Å². The lowest BCUT2D eigenvalue weighted by molar-refractivity contribution is 0.0850. The summed E-state index contributed by atoms with van der Waals surface area (Å²) < 4.78 is 5.67. The van der Waals surface area contributed by atoms with Crippen LogP contribution in [-0.4, -0.2) is 23.8 Å². The largest absolute Gasteiger partial charge is 0.455 e. The molecule has 3 N–H and O–H groups in total. The standard InChI is InChI=1S/C16H24N2O3.ClH/c1-9(2)16(4,8-17)18-15(20)14-10(3)13-11(19)6-5-7-12(13)21-14;/h9H,5-8,17H2,1-4H3,(H,18,20);1H. The van der Waals surface area contributed by atoms with Crippen molar-refractivity contribution in [2.75, 3.05) is 6.54 Å². The van der Waals surface area contributed by atoms with E-state index < -0.39 is 5.54 Å². The van der Waals surface area contributed by atoms with Gasteiger partial charge in [-0.05, 0) is 26.2 Å². The summed E-state index contributed by atoms with van der Waals surface area (Å²) in [6, 6.07) is 0. The van der Waals surface area contributed by atoms with Gasteiger partial charge >= 0.3 is 0 Å². The number of carbonyl (C=O) groups is 2. The second-order valence-electron chi connectivity index (χ2n) is 6.36. The minimum Gasteiger partial charge on any atom is -0.455 e. The monoisotopic (exact) mass is 328 g/mol. The molecule has 1 amide bonds. The molecule has 0 bridgehead atoms. The van der Waals surface area contributed by atoms with Crippen LogP contribution in [-0.2, 0) is 6.42 Å². The molecule has 2 rings (SSSR count). The first-order chi connectivity index (χ1) is 9.80. The summed E-state index contributed by atoms with van der Waals surface area (Å²) in [5, 5.41) is 2.95. The second-order valence-corrected chi connectivity index (χ2v) is 6.36. The van der Waals surface area contributed by atoms with Crippen molar-refractivity contribution < 1.29 is 14.0 Å². The number of furan rings is 1. The molecule has 0 aromatic carbocycles. The maximum absolute atomic E-state index is 12.5. The van der Waals surface area contributed by atoms with Gasteiger partial charge in [-0.1, -0.05) is 13.8 Å². The topological polar surface area (TPSA) is 85.3 Å². The summed E-state index contributed by atoms with van der Waals surface area (Å²) in [4.78, 5) is 24.5. The third-order valence-electron chi connectivity index (χ3n) is 4.61. The summed E-state index contributed by atoms with van der Waals surface area (Å²) in [7, 11) is 0. The third kappa shape index (κ3) is 3.20. The van der Waals surface area contributed by atoms with Crippen LogP contribution < -0.4 is 11.1 Å². The number of hydrogen-bond donors (Lipinski definition) is 2. The molecule has 1 aromatic heterocycles. The molecule has 0 fully saturated rings. The highest BCUT2D eigenvalue weighted by Crippen LogP contribution is 2.29. The van der Waals surface area contributed by atoms with Gasteiger partial charge in [0.25, 0.3) is 5.91 Å². The number of fused-ring (bicyclic) bond motifs is 1. The molecular weight excluding hydrogens is 304 g/mol. The fraction of sp³-hybridized carbons (Fsp3) is 0.625. The van der Waals surface area contributed by atoms with Crippen LogP contribution in [0.1, 0.15) is 65.8 Å². The average molecular weight is 329 g/mol. The fourth-order valence-corrected chi connectivity index (χ4v) is 2.61. The van der Waals surface area contributed by atoms with Crippen LogP contribution in [0.25, 0.3) is 0 Å². The Kier molecular flexibility index (Phi) is 5.82. The Morgan fingerprint density at radius 1 is 1.41 bits per heavy atom. The van der Waals surface area contributed by atoms with Crippen molar-refractivity contribution in [3.8, 4) is 0 Å². The molecule has 1 unspecified atom stereocenters. The Bertz CT molecular complexity index is 580. The molecule has 1 atom stereocenters. The molecular formula is C16H25ClN2O3. The van der Waals surface area contributed by atoms with E-state index in [2.05, 4.69) is 5.32 Å². The maximum atomic E-state index is 12.5. The Morgan fingerprint density at radius 3 is 2.55 bits per heavy atom. The molecule has 124 valence electrons. The first kappa shape index (κ1) is 18.7. The minimum absolute atomic E-state index is 0. The van der Waals surface area contributed by atoms with E-state index in [-0.39, 0.29) is 35.8 Å². The van der Waals surface area contributed by atoms with Crippen molar-refractivity contribution in [2.45, 2.75) is 52.5 Å². The van der Waals surface area contributed by atoms with Crippen LogP contribution in [0.5, 0.6) is 0 Å². The molecule has 0 radical (unpaired) electrons. The molecule has 22 heavy (non-hydrogen) atoms. The Balaban J connectivity index is 0.00000242. The first-order valence-corrected chi connectivity index (χ1v) is 7.48. The number of nitrogens with two attached hydrogens (primary N) is 1. The normalized spacial score (nSPS) is 16.7. The van der Waals surface area contributed by atoms with E-state index in [9.17, 15) is 9.59 Å². The highest BCUT2D eigenvalue weighted by atomic mass is 35.5. The van der Waals surface area contributed by atoms with Crippen molar-refractivity contribution >= 4 is 24.1 Å². The van der Waals surface area contributed by atoms with E-state index in [0.29, 0.717) is 36.3 Å². The van der Waals surface area contributed by atoms with E-state index in [1.165, 1.54) is 0 Å². The van der Waals surface area contributed by atoms with Crippen molar-refractivity contribution in [1.82, 2.24) is 5.32 Å². The quantitative estimate of drug-likeness (QED) is 0.889. The summed E-state index contributed by atoms with van der Waals surface area (Å²) in [6.07, 6.45) is 2.03. The van der Waals surface area contributed by atoms with Crippen LogP contribution in [0, 0.1) is 12.8 Å². The molecule has 1 aliphatic carbocycles. The Labute approximate surface area is 137 Å². The molecule has 6 heteroatoms. The van der Waals surface area contributed by atoms with Gasteiger partial charge in [-0.3, -0.25) is 9.59 Å². The second kappa shape index (κ2) is 6.84. The van der Waals surface area contributed by atoms with Gasteiger partial charge in [0, 0.05) is 24.9 Å². The number of rotatable bonds is 4. The van der Waals surface area contributed by atoms with Crippen LogP contribution in [0.4, 0.5) is 0 Å². The fourth-order valence-electron chi connectivity index (χ4n) is 2.61. The smallest absolute Gasteiger partial charge is 0.287 e. The predicted molar refractivity (Wildman–Crippen MR) is 87.7 cm³/mol. The highest BCUT2D eigenvalue weighted by Gasteiger charge is 2.33. The first-order valence-electron chi connectivity index (χ1n) is 7.48. The highest BCUT2D eigenvalue weighted by molar-refractivity contribution is 6.03. The van der Waals surface area contributed by atoms with Gasteiger partial charge in [0.05, 0.1) is 11.1 Å². The Morgan fingerprint density at radius 2 is 2.05 bits per heavy atom. The number of ketones is 1. The maximum Gasteiger partial charge on any atom is 0.287 e.